The van der Waals surface area contributed by atoms with Gasteiger partial charge in [0.15, 0.2) is 0 Å². The third kappa shape index (κ3) is 5.50. The maximum atomic E-state index is 11.9. The summed E-state index contributed by atoms with van der Waals surface area (Å²) in [6.07, 6.45) is 6.57. The van der Waals surface area contributed by atoms with E-state index in [0.717, 1.165) is 13.1 Å². The Kier molecular flexibility index (Phi) is 8.28. The van der Waals surface area contributed by atoms with Gasteiger partial charge in [0.1, 0.15) is 6.61 Å². The molecule has 1 fully saturated rings. The minimum absolute atomic E-state index is 0. The molecule has 1 saturated carbocycles. The molecule has 22 heavy (non-hydrogen) atoms. The number of likely N-dealkylation sites (N-methyl/N-ethyl adjacent to an activating group) is 1. The Bertz CT molecular complexity index is 444. The topological polar surface area (TPSA) is 55.6 Å². The molecule has 0 amide bonds. The highest BCUT2D eigenvalue weighted by Gasteiger charge is 2.19. The van der Waals surface area contributed by atoms with Gasteiger partial charge in [-0.05, 0) is 43.7 Å². The van der Waals surface area contributed by atoms with Crippen LogP contribution in [0.2, 0.25) is 0 Å². The first-order chi connectivity index (χ1) is 10.2. The van der Waals surface area contributed by atoms with Crippen LogP contribution in [0.25, 0.3) is 0 Å². The second kappa shape index (κ2) is 9.70. The predicted octanol–water partition coefficient (Wildman–Crippen LogP) is 3.50. The number of hydrogen-bond donors (Lipinski definition) is 1. The zero-order valence-corrected chi connectivity index (χ0v) is 14.1. The molecule has 1 aliphatic carbocycles. The van der Waals surface area contributed by atoms with Crippen LogP contribution in [0, 0.1) is 0 Å². The van der Waals surface area contributed by atoms with Crippen LogP contribution in [0.1, 0.15) is 49.4 Å². The maximum absolute atomic E-state index is 11.9. The van der Waals surface area contributed by atoms with Crippen molar-refractivity contribution in [2.45, 2.75) is 45.1 Å². The summed E-state index contributed by atoms with van der Waals surface area (Å²) in [6, 6.07) is 7.51. The minimum Gasteiger partial charge on any atom is -0.461 e. The maximum Gasteiger partial charge on any atom is 0.338 e. The molecule has 0 aromatic heterocycles. The fourth-order valence-electron chi connectivity index (χ4n) is 3.00. The van der Waals surface area contributed by atoms with Gasteiger partial charge in [-0.3, -0.25) is 4.90 Å². The van der Waals surface area contributed by atoms with Crippen molar-refractivity contribution in [3.05, 3.63) is 29.8 Å². The molecule has 1 aromatic rings. The van der Waals surface area contributed by atoms with E-state index in [9.17, 15) is 4.79 Å². The summed E-state index contributed by atoms with van der Waals surface area (Å²) in [5.41, 5.74) is 6.82. The Labute approximate surface area is 139 Å². The number of hydrogen-bond acceptors (Lipinski definition) is 4. The van der Waals surface area contributed by atoms with Crippen LogP contribution in [-0.4, -0.2) is 36.6 Å². The first kappa shape index (κ1) is 18.8. The standard InChI is InChI=1S/C17H26N2O2.ClH/c1-2-19(16-6-4-3-5-7-16)12-13-21-17(20)14-8-10-15(18)11-9-14;/h8-11,16H,2-7,12-13,18H2,1H3;1H. The summed E-state index contributed by atoms with van der Waals surface area (Å²) >= 11 is 0. The van der Waals surface area contributed by atoms with E-state index in [1.54, 1.807) is 24.3 Å². The van der Waals surface area contributed by atoms with Crippen LogP contribution >= 0.6 is 12.4 Å². The molecule has 2 rings (SSSR count). The van der Waals surface area contributed by atoms with E-state index in [2.05, 4.69) is 11.8 Å². The molecule has 2 N–H and O–H groups in total. The lowest BCUT2D eigenvalue weighted by molar-refractivity contribution is 0.0422. The summed E-state index contributed by atoms with van der Waals surface area (Å²) in [6.45, 7) is 4.47. The summed E-state index contributed by atoms with van der Waals surface area (Å²) < 4.78 is 5.37. The number of nitrogens with two attached hydrogens (primary N) is 1. The van der Waals surface area contributed by atoms with Crippen molar-refractivity contribution >= 4 is 24.1 Å². The number of benzene rings is 1. The van der Waals surface area contributed by atoms with Gasteiger partial charge in [-0.2, -0.15) is 0 Å². The van der Waals surface area contributed by atoms with Gasteiger partial charge in [-0.25, -0.2) is 4.79 Å². The highest BCUT2D eigenvalue weighted by molar-refractivity contribution is 5.89. The molecule has 0 radical (unpaired) electrons. The van der Waals surface area contributed by atoms with E-state index in [1.807, 2.05) is 0 Å². The number of rotatable bonds is 6. The molecule has 5 heteroatoms. The van der Waals surface area contributed by atoms with Gasteiger partial charge in [0.2, 0.25) is 0 Å². The summed E-state index contributed by atoms with van der Waals surface area (Å²) in [7, 11) is 0. The third-order valence-electron chi connectivity index (χ3n) is 4.26. The Balaban J connectivity index is 0.00000242. The monoisotopic (exact) mass is 326 g/mol. The van der Waals surface area contributed by atoms with Crippen LogP contribution in [0.15, 0.2) is 24.3 Å². The average molecular weight is 327 g/mol. The smallest absolute Gasteiger partial charge is 0.338 e. The Morgan fingerprint density at radius 2 is 1.86 bits per heavy atom. The SMILES string of the molecule is CCN(CCOC(=O)c1ccc(N)cc1)C1CCCCC1.Cl. The quantitative estimate of drug-likeness (QED) is 0.642. The Morgan fingerprint density at radius 1 is 1.23 bits per heavy atom. The lowest BCUT2D eigenvalue weighted by Gasteiger charge is -2.33. The first-order valence-corrected chi connectivity index (χ1v) is 7.97. The minimum atomic E-state index is -0.269. The Hall–Kier alpha value is -1.26. The van der Waals surface area contributed by atoms with Crippen molar-refractivity contribution in [3.8, 4) is 0 Å². The number of carbonyl (C=O) groups excluding carboxylic acids is 1. The number of nitrogen functional groups attached to an aromatic ring is 1. The molecule has 0 heterocycles. The van der Waals surface area contributed by atoms with Gasteiger partial charge >= 0.3 is 5.97 Å². The molecule has 0 atom stereocenters. The molecule has 0 aliphatic heterocycles. The zero-order valence-electron chi connectivity index (χ0n) is 13.3. The molecule has 1 aromatic carbocycles. The predicted molar refractivity (Wildman–Crippen MR) is 92.5 cm³/mol. The van der Waals surface area contributed by atoms with Gasteiger partial charge in [0, 0.05) is 18.3 Å². The number of anilines is 1. The third-order valence-corrected chi connectivity index (χ3v) is 4.26. The van der Waals surface area contributed by atoms with Crippen LogP contribution in [0.4, 0.5) is 5.69 Å². The normalized spacial score (nSPS) is 15.4. The van der Waals surface area contributed by atoms with E-state index in [-0.39, 0.29) is 18.4 Å². The van der Waals surface area contributed by atoms with Crippen molar-refractivity contribution in [2.24, 2.45) is 0 Å². The number of ether oxygens (including phenoxy) is 1. The summed E-state index contributed by atoms with van der Waals surface area (Å²) in [5.74, 6) is -0.269. The molecular weight excluding hydrogens is 300 g/mol. The van der Waals surface area contributed by atoms with Gasteiger partial charge in [-0.15, -0.1) is 12.4 Å². The van der Waals surface area contributed by atoms with Gasteiger partial charge in [-0.1, -0.05) is 26.2 Å². The fourth-order valence-corrected chi connectivity index (χ4v) is 3.00. The summed E-state index contributed by atoms with van der Waals surface area (Å²) in [4.78, 5) is 14.4. The molecule has 0 saturated heterocycles. The highest BCUT2D eigenvalue weighted by atomic mass is 35.5. The molecule has 0 bridgehead atoms. The average Bonchev–Trinajstić information content (AvgIpc) is 2.53. The molecular formula is C17H27ClN2O2. The fraction of sp³-hybridized carbons (Fsp3) is 0.588. The molecule has 0 unspecified atom stereocenters. The largest absolute Gasteiger partial charge is 0.461 e. The van der Waals surface area contributed by atoms with Crippen LogP contribution < -0.4 is 5.73 Å². The van der Waals surface area contributed by atoms with Crippen LogP contribution in [-0.2, 0) is 4.74 Å². The van der Waals surface area contributed by atoms with Gasteiger partial charge in [0.05, 0.1) is 5.56 Å². The Morgan fingerprint density at radius 3 is 2.45 bits per heavy atom. The highest BCUT2D eigenvalue weighted by Crippen LogP contribution is 2.22. The van der Waals surface area contributed by atoms with Crippen molar-refractivity contribution in [3.63, 3.8) is 0 Å². The van der Waals surface area contributed by atoms with Crippen molar-refractivity contribution in [2.75, 3.05) is 25.4 Å². The lowest BCUT2D eigenvalue weighted by Crippen LogP contribution is -2.39. The van der Waals surface area contributed by atoms with Gasteiger partial charge < -0.3 is 10.5 Å². The van der Waals surface area contributed by atoms with Gasteiger partial charge in [0.25, 0.3) is 0 Å². The number of halogens is 1. The van der Waals surface area contributed by atoms with Crippen LogP contribution in [0.3, 0.4) is 0 Å². The van der Waals surface area contributed by atoms with E-state index in [1.165, 1.54) is 32.1 Å². The molecule has 4 nitrogen and oxygen atoms in total. The van der Waals surface area contributed by atoms with E-state index >= 15 is 0 Å². The van der Waals surface area contributed by atoms with E-state index in [0.29, 0.717) is 23.9 Å². The molecule has 124 valence electrons. The number of carbonyl (C=O) groups is 1. The van der Waals surface area contributed by atoms with E-state index in [4.69, 9.17) is 10.5 Å². The molecule has 0 spiro atoms. The van der Waals surface area contributed by atoms with Crippen molar-refractivity contribution in [1.82, 2.24) is 4.90 Å². The second-order valence-corrected chi connectivity index (χ2v) is 5.68. The van der Waals surface area contributed by atoms with Crippen molar-refractivity contribution < 1.29 is 9.53 Å². The van der Waals surface area contributed by atoms with Crippen LogP contribution in [0.5, 0.6) is 0 Å². The van der Waals surface area contributed by atoms with Crippen molar-refractivity contribution in [1.29, 1.82) is 0 Å². The lowest BCUT2D eigenvalue weighted by atomic mass is 9.94. The molecule has 1 aliphatic rings. The second-order valence-electron chi connectivity index (χ2n) is 5.68. The number of nitrogens with zero attached hydrogens (tertiary/aromatic N) is 1. The van der Waals surface area contributed by atoms with E-state index < -0.39 is 0 Å². The first-order valence-electron chi connectivity index (χ1n) is 7.97. The number of esters is 1. The zero-order chi connectivity index (χ0) is 15.1. The summed E-state index contributed by atoms with van der Waals surface area (Å²) in [5, 5.41) is 0.